The average Bonchev–Trinajstić information content (AvgIpc) is 3.01. The standard InChI is InChI=1S/C26H30FNO4/c1-5-6-13-28-23(19-9-7-8-10-20(19)27)22(25(30)26(28)31)24(29)18-11-12-21(17(4)14-18)32-15-16(2)3/h7-12,14,16,23,29H,5-6,13,15H2,1-4H3/b24-22+. The maximum absolute atomic E-state index is 14.7. The monoisotopic (exact) mass is 439 g/mol. The minimum absolute atomic E-state index is 0.0912. The Morgan fingerprint density at radius 1 is 1.19 bits per heavy atom. The van der Waals surface area contributed by atoms with Crippen LogP contribution in [0.5, 0.6) is 5.75 Å². The van der Waals surface area contributed by atoms with E-state index in [9.17, 15) is 19.1 Å². The third-order valence-corrected chi connectivity index (χ3v) is 5.51. The molecule has 32 heavy (non-hydrogen) atoms. The van der Waals surface area contributed by atoms with Gasteiger partial charge in [-0.05, 0) is 49.1 Å². The topological polar surface area (TPSA) is 66.8 Å². The highest BCUT2D eigenvalue weighted by molar-refractivity contribution is 6.46. The minimum Gasteiger partial charge on any atom is -0.507 e. The number of aliphatic hydroxyl groups is 1. The van der Waals surface area contributed by atoms with Gasteiger partial charge in [0.2, 0.25) is 0 Å². The summed E-state index contributed by atoms with van der Waals surface area (Å²) in [4.78, 5) is 27.1. The molecule has 1 saturated heterocycles. The molecule has 0 radical (unpaired) electrons. The van der Waals surface area contributed by atoms with Crippen molar-refractivity contribution in [1.29, 1.82) is 0 Å². The Morgan fingerprint density at radius 3 is 2.53 bits per heavy atom. The number of Topliss-reactive ketones (excluding diaryl/α,β-unsaturated/α-hetero) is 1. The molecule has 3 rings (SSSR count). The number of unbranched alkanes of at least 4 members (excludes halogenated alkanes) is 1. The van der Waals surface area contributed by atoms with E-state index in [1.165, 1.54) is 11.0 Å². The zero-order chi connectivity index (χ0) is 23.4. The van der Waals surface area contributed by atoms with Crippen molar-refractivity contribution in [2.45, 2.75) is 46.6 Å². The lowest BCUT2D eigenvalue weighted by Crippen LogP contribution is -2.31. The lowest BCUT2D eigenvalue weighted by Gasteiger charge is -2.25. The molecule has 1 heterocycles. The largest absolute Gasteiger partial charge is 0.507 e. The van der Waals surface area contributed by atoms with E-state index in [4.69, 9.17) is 4.74 Å². The number of rotatable bonds is 8. The maximum atomic E-state index is 14.7. The lowest BCUT2D eigenvalue weighted by atomic mass is 9.94. The van der Waals surface area contributed by atoms with Gasteiger partial charge in [0.1, 0.15) is 17.3 Å². The van der Waals surface area contributed by atoms with Crippen molar-refractivity contribution in [3.63, 3.8) is 0 Å². The van der Waals surface area contributed by atoms with Crippen molar-refractivity contribution in [3.8, 4) is 5.75 Å². The van der Waals surface area contributed by atoms with Crippen molar-refractivity contribution in [2.24, 2.45) is 5.92 Å². The van der Waals surface area contributed by atoms with Gasteiger partial charge in [-0.15, -0.1) is 0 Å². The number of aliphatic hydroxyl groups excluding tert-OH is 1. The van der Waals surface area contributed by atoms with E-state index in [1.54, 1.807) is 36.4 Å². The van der Waals surface area contributed by atoms with E-state index in [0.29, 0.717) is 36.8 Å². The van der Waals surface area contributed by atoms with Crippen molar-refractivity contribution in [2.75, 3.05) is 13.2 Å². The Bertz CT molecular complexity index is 1040. The van der Waals surface area contributed by atoms with Crippen LogP contribution in [0.25, 0.3) is 5.76 Å². The fourth-order valence-electron chi connectivity index (χ4n) is 3.83. The van der Waals surface area contributed by atoms with Gasteiger partial charge in [0.25, 0.3) is 11.7 Å². The summed E-state index contributed by atoms with van der Waals surface area (Å²) in [6.45, 7) is 8.78. The molecule has 0 saturated carbocycles. The second-order valence-corrected chi connectivity index (χ2v) is 8.55. The number of amides is 1. The third kappa shape index (κ3) is 4.69. The molecule has 2 aromatic carbocycles. The van der Waals surface area contributed by atoms with E-state index < -0.39 is 23.5 Å². The normalized spacial score (nSPS) is 17.9. The summed E-state index contributed by atoms with van der Waals surface area (Å²) >= 11 is 0. The Labute approximate surface area is 188 Å². The van der Waals surface area contributed by atoms with Crippen LogP contribution in [-0.4, -0.2) is 34.8 Å². The third-order valence-electron chi connectivity index (χ3n) is 5.51. The summed E-state index contributed by atoms with van der Waals surface area (Å²) in [7, 11) is 0. The predicted molar refractivity (Wildman–Crippen MR) is 122 cm³/mol. The predicted octanol–water partition coefficient (Wildman–Crippen LogP) is 5.39. The highest BCUT2D eigenvalue weighted by Crippen LogP contribution is 2.40. The van der Waals surface area contributed by atoms with Crippen LogP contribution >= 0.6 is 0 Å². The van der Waals surface area contributed by atoms with Gasteiger partial charge in [0.15, 0.2) is 0 Å². The number of ether oxygens (including phenoxy) is 1. The second kappa shape index (κ2) is 9.98. The molecule has 170 valence electrons. The number of carbonyl (C=O) groups is 2. The van der Waals surface area contributed by atoms with Crippen LogP contribution in [0.15, 0.2) is 48.0 Å². The first-order chi connectivity index (χ1) is 15.3. The van der Waals surface area contributed by atoms with Gasteiger partial charge in [-0.1, -0.05) is 45.4 Å². The molecule has 1 atom stereocenters. The second-order valence-electron chi connectivity index (χ2n) is 8.55. The van der Waals surface area contributed by atoms with Crippen molar-refractivity contribution >= 4 is 17.4 Å². The molecular formula is C26H30FNO4. The summed E-state index contributed by atoms with van der Waals surface area (Å²) in [6.07, 6.45) is 1.48. The van der Waals surface area contributed by atoms with Gasteiger partial charge in [-0.2, -0.15) is 0 Å². The van der Waals surface area contributed by atoms with Crippen LogP contribution in [0.4, 0.5) is 4.39 Å². The first kappa shape index (κ1) is 23.5. The number of ketones is 1. The van der Waals surface area contributed by atoms with E-state index in [1.807, 2.05) is 13.8 Å². The lowest BCUT2D eigenvalue weighted by molar-refractivity contribution is -0.139. The molecule has 5 nitrogen and oxygen atoms in total. The molecule has 1 aliphatic heterocycles. The van der Waals surface area contributed by atoms with Gasteiger partial charge >= 0.3 is 0 Å². The number of carbonyl (C=O) groups excluding carboxylic acids is 2. The smallest absolute Gasteiger partial charge is 0.295 e. The number of halogens is 1. The van der Waals surface area contributed by atoms with Crippen molar-refractivity contribution in [3.05, 3.63) is 70.5 Å². The molecule has 2 aromatic rings. The molecule has 0 aromatic heterocycles. The highest BCUT2D eigenvalue weighted by atomic mass is 19.1. The maximum Gasteiger partial charge on any atom is 0.295 e. The van der Waals surface area contributed by atoms with Crippen LogP contribution < -0.4 is 4.74 Å². The summed E-state index contributed by atoms with van der Waals surface area (Å²) < 4.78 is 20.5. The molecular weight excluding hydrogens is 409 g/mol. The zero-order valence-electron chi connectivity index (χ0n) is 19.0. The Kier molecular flexibility index (Phi) is 7.33. The molecule has 0 bridgehead atoms. The number of nitrogens with zero attached hydrogens (tertiary/aromatic N) is 1. The molecule has 0 aliphatic carbocycles. The van der Waals surface area contributed by atoms with E-state index in [-0.39, 0.29) is 16.9 Å². The van der Waals surface area contributed by atoms with Gasteiger partial charge in [-0.3, -0.25) is 9.59 Å². The van der Waals surface area contributed by atoms with Crippen LogP contribution in [0.1, 0.15) is 56.3 Å². The fourth-order valence-corrected chi connectivity index (χ4v) is 3.83. The molecule has 6 heteroatoms. The summed E-state index contributed by atoms with van der Waals surface area (Å²) in [5, 5.41) is 11.1. The van der Waals surface area contributed by atoms with Gasteiger partial charge in [0, 0.05) is 17.7 Å². The van der Waals surface area contributed by atoms with Gasteiger partial charge < -0.3 is 14.7 Å². The van der Waals surface area contributed by atoms with Crippen molar-refractivity contribution < 1.29 is 23.8 Å². The zero-order valence-corrected chi connectivity index (χ0v) is 19.0. The molecule has 1 N–H and O–H groups in total. The van der Waals surface area contributed by atoms with Crippen LogP contribution in [0.3, 0.4) is 0 Å². The Hall–Kier alpha value is -3.15. The van der Waals surface area contributed by atoms with E-state index >= 15 is 0 Å². The first-order valence-corrected chi connectivity index (χ1v) is 11.0. The Balaban J connectivity index is 2.09. The summed E-state index contributed by atoms with van der Waals surface area (Å²) in [5.41, 5.74) is 1.27. The van der Waals surface area contributed by atoms with E-state index in [2.05, 4.69) is 13.8 Å². The average molecular weight is 440 g/mol. The molecule has 1 amide bonds. The number of benzene rings is 2. The van der Waals surface area contributed by atoms with Crippen molar-refractivity contribution in [1.82, 2.24) is 4.90 Å². The number of aryl methyl sites for hydroxylation is 1. The quantitative estimate of drug-likeness (QED) is 0.340. The van der Waals surface area contributed by atoms with Crippen LogP contribution in [-0.2, 0) is 9.59 Å². The molecule has 1 unspecified atom stereocenters. The number of hydrogen-bond donors (Lipinski definition) is 1. The van der Waals surface area contributed by atoms with Crippen LogP contribution in [0, 0.1) is 18.7 Å². The van der Waals surface area contributed by atoms with Gasteiger partial charge in [0.05, 0.1) is 18.2 Å². The molecule has 0 spiro atoms. The summed E-state index contributed by atoms with van der Waals surface area (Å²) in [6, 6.07) is 10.2. The molecule has 1 aliphatic rings. The number of likely N-dealkylation sites (tertiary alicyclic amines) is 1. The van der Waals surface area contributed by atoms with Gasteiger partial charge in [-0.25, -0.2) is 4.39 Å². The highest BCUT2D eigenvalue weighted by Gasteiger charge is 2.46. The Morgan fingerprint density at radius 2 is 1.91 bits per heavy atom. The molecule has 1 fully saturated rings. The van der Waals surface area contributed by atoms with E-state index in [0.717, 1.165) is 12.0 Å². The summed E-state index contributed by atoms with van der Waals surface area (Å²) in [5.74, 6) is -1.31. The minimum atomic E-state index is -0.972. The number of hydrogen-bond acceptors (Lipinski definition) is 4. The van der Waals surface area contributed by atoms with Crippen LogP contribution in [0.2, 0.25) is 0 Å². The first-order valence-electron chi connectivity index (χ1n) is 11.0. The SMILES string of the molecule is CCCCN1C(=O)C(=O)/C(=C(/O)c2ccc(OCC(C)C)c(C)c2)C1c1ccccc1F. The fraction of sp³-hybridized carbons (Fsp3) is 0.385.